The summed E-state index contributed by atoms with van der Waals surface area (Å²) in [6, 6.07) is 16.2. The number of hydrogen-bond acceptors (Lipinski definition) is 5. The second-order valence-corrected chi connectivity index (χ2v) is 9.37. The fourth-order valence-electron chi connectivity index (χ4n) is 3.20. The molecular formula is C24H22FN3OS2. The molecule has 2 aromatic carbocycles. The van der Waals surface area contributed by atoms with Crippen LogP contribution in [0, 0.1) is 19.7 Å². The first-order chi connectivity index (χ1) is 15.0. The van der Waals surface area contributed by atoms with Gasteiger partial charge in [-0.3, -0.25) is 14.7 Å². The van der Waals surface area contributed by atoms with E-state index in [1.807, 2.05) is 25.1 Å². The van der Waals surface area contributed by atoms with Crippen LogP contribution in [0.3, 0.4) is 0 Å². The number of aromatic nitrogens is 2. The van der Waals surface area contributed by atoms with Gasteiger partial charge < -0.3 is 0 Å². The zero-order valence-corrected chi connectivity index (χ0v) is 19.0. The summed E-state index contributed by atoms with van der Waals surface area (Å²) >= 11 is 3.08. The highest BCUT2D eigenvalue weighted by atomic mass is 32.2. The van der Waals surface area contributed by atoms with Gasteiger partial charge in [0.15, 0.2) is 5.13 Å². The van der Waals surface area contributed by atoms with Crippen molar-refractivity contribution in [3.05, 3.63) is 83.4 Å². The topological polar surface area (TPSA) is 46.1 Å². The van der Waals surface area contributed by atoms with E-state index in [0.29, 0.717) is 23.8 Å². The minimum atomic E-state index is -0.261. The maximum atomic E-state index is 13.2. The summed E-state index contributed by atoms with van der Waals surface area (Å²) in [7, 11) is 0. The van der Waals surface area contributed by atoms with Gasteiger partial charge in [0.05, 0.1) is 22.5 Å². The maximum Gasteiger partial charge on any atom is 0.229 e. The molecule has 0 aliphatic rings. The number of anilines is 1. The normalized spacial score (nSPS) is 11.1. The van der Waals surface area contributed by atoms with Crippen LogP contribution in [-0.2, 0) is 11.3 Å². The van der Waals surface area contributed by atoms with Crippen molar-refractivity contribution in [3.8, 4) is 0 Å². The first-order valence-corrected chi connectivity index (χ1v) is 11.8. The monoisotopic (exact) mass is 451 g/mol. The molecule has 0 unspecified atom stereocenters. The smallest absolute Gasteiger partial charge is 0.229 e. The zero-order valence-electron chi connectivity index (χ0n) is 17.3. The summed E-state index contributed by atoms with van der Waals surface area (Å²) in [5.74, 6) is 0.338. The third-order valence-corrected chi connectivity index (χ3v) is 7.13. The summed E-state index contributed by atoms with van der Waals surface area (Å²) in [5, 5.41) is 0.690. The Kier molecular flexibility index (Phi) is 6.63. The number of rotatable bonds is 7. The van der Waals surface area contributed by atoms with E-state index in [9.17, 15) is 9.18 Å². The van der Waals surface area contributed by atoms with E-state index >= 15 is 0 Å². The van der Waals surface area contributed by atoms with Gasteiger partial charge in [-0.15, -0.1) is 11.8 Å². The number of thioether (sulfide) groups is 1. The van der Waals surface area contributed by atoms with Gasteiger partial charge in [0.1, 0.15) is 5.82 Å². The summed E-state index contributed by atoms with van der Waals surface area (Å²) in [4.78, 5) is 25.1. The Morgan fingerprint density at radius 1 is 1.06 bits per heavy atom. The molecular weight excluding hydrogens is 429 g/mol. The number of fused-ring (bicyclic) bond motifs is 1. The molecule has 4 rings (SSSR count). The van der Waals surface area contributed by atoms with Gasteiger partial charge in [0.2, 0.25) is 5.91 Å². The van der Waals surface area contributed by atoms with Crippen LogP contribution in [0.15, 0.2) is 65.7 Å². The minimum absolute atomic E-state index is 0.00498. The second kappa shape index (κ2) is 9.58. The predicted octanol–water partition coefficient (Wildman–Crippen LogP) is 6.16. The van der Waals surface area contributed by atoms with E-state index in [1.54, 1.807) is 34.6 Å². The van der Waals surface area contributed by atoms with Crippen molar-refractivity contribution in [1.29, 1.82) is 0 Å². The van der Waals surface area contributed by atoms with Crippen LogP contribution >= 0.6 is 23.1 Å². The lowest BCUT2D eigenvalue weighted by atomic mass is 10.1. The quantitative estimate of drug-likeness (QED) is 0.316. The lowest BCUT2D eigenvalue weighted by molar-refractivity contribution is -0.118. The van der Waals surface area contributed by atoms with E-state index in [-0.39, 0.29) is 11.7 Å². The molecule has 158 valence electrons. The van der Waals surface area contributed by atoms with Crippen molar-refractivity contribution in [1.82, 2.24) is 9.97 Å². The Labute approximate surface area is 189 Å². The number of benzene rings is 2. The van der Waals surface area contributed by atoms with Crippen LogP contribution < -0.4 is 4.90 Å². The molecule has 4 nitrogen and oxygen atoms in total. The first-order valence-electron chi connectivity index (χ1n) is 9.96. The van der Waals surface area contributed by atoms with Gasteiger partial charge in [-0.2, -0.15) is 0 Å². The summed E-state index contributed by atoms with van der Waals surface area (Å²) in [6.07, 6.45) is 2.08. The van der Waals surface area contributed by atoms with E-state index in [2.05, 4.69) is 24.0 Å². The lowest BCUT2D eigenvalue weighted by Gasteiger charge is -2.19. The molecule has 1 amide bonds. The van der Waals surface area contributed by atoms with Gasteiger partial charge >= 0.3 is 0 Å². The van der Waals surface area contributed by atoms with Crippen molar-refractivity contribution >= 4 is 44.4 Å². The van der Waals surface area contributed by atoms with Crippen LogP contribution in [0.1, 0.15) is 23.2 Å². The number of hydrogen-bond donors (Lipinski definition) is 0. The molecule has 0 fully saturated rings. The average molecular weight is 452 g/mol. The molecule has 4 aromatic rings. The number of amides is 1. The lowest BCUT2D eigenvalue weighted by Crippen LogP contribution is -2.30. The third-order valence-electron chi connectivity index (χ3n) is 4.91. The number of aryl methyl sites for hydroxylation is 2. The Bertz CT molecular complexity index is 1150. The Balaban J connectivity index is 1.56. The van der Waals surface area contributed by atoms with Crippen molar-refractivity contribution in [2.45, 2.75) is 31.7 Å². The molecule has 31 heavy (non-hydrogen) atoms. The highest BCUT2D eigenvalue weighted by Crippen LogP contribution is 2.34. The van der Waals surface area contributed by atoms with Crippen LogP contribution in [0.2, 0.25) is 0 Å². The number of pyridine rings is 1. The number of thiazole rings is 1. The molecule has 7 heteroatoms. The van der Waals surface area contributed by atoms with Gasteiger partial charge in [-0.25, -0.2) is 9.37 Å². The maximum absolute atomic E-state index is 13.2. The summed E-state index contributed by atoms with van der Waals surface area (Å²) in [5.41, 5.74) is 4.01. The fourth-order valence-corrected chi connectivity index (χ4v) is 5.17. The average Bonchev–Trinajstić information content (AvgIpc) is 3.23. The molecule has 0 N–H and O–H groups in total. The number of halogens is 1. The number of nitrogens with zero attached hydrogens (tertiary/aromatic N) is 3. The van der Waals surface area contributed by atoms with Crippen molar-refractivity contribution in [3.63, 3.8) is 0 Å². The van der Waals surface area contributed by atoms with E-state index < -0.39 is 0 Å². The molecule has 2 heterocycles. The van der Waals surface area contributed by atoms with Crippen molar-refractivity contribution in [2.24, 2.45) is 0 Å². The highest BCUT2D eigenvalue weighted by Gasteiger charge is 2.21. The molecule has 0 bridgehead atoms. The molecule has 0 atom stereocenters. The molecule has 0 saturated heterocycles. The van der Waals surface area contributed by atoms with Crippen molar-refractivity contribution < 1.29 is 9.18 Å². The third kappa shape index (κ3) is 5.11. The summed E-state index contributed by atoms with van der Waals surface area (Å²) in [6.45, 7) is 4.47. The van der Waals surface area contributed by atoms with Gasteiger partial charge in [0.25, 0.3) is 0 Å². The molecule has 0 radical (unpaired) electrons. The first kappa shape index (κ1) is 21.5. The summed E-state index contributed by atoms with van der Waals surface area (Å²) < 4.78 is 14.2. The zero-order chi connectivity index (χ0) is 21.8. The standard InChI is InChI=1S/C24H22FN3OS2/c1-16-6-7-17(2)23-22(16)27-24(31-23)28(15-19-5-3-4-13-26-19)21(29)12-14-30-20-10-8-18(25)9-11-20/h3-11,13H,12,14-15H2,1-2H3. The Morgan fingerprint density at radius 3 is 2.55 bits per heavy atom. The molecule has 0 aliphatic carbocycles. The largest absolute Gasteiger partial charge is 0.282 e. The van der Waals surface area contributed by atoms with E-state index in [0.717, 1.165) is 31.9 Å². The highest BCUT2D eigenvalue weighted by molar-refractivity contribution is 7.99. The molecule has 2 aromatic heterocycles. The SMILES string of the molecule is Cc1ccc(C)c2sc(N(Cc3ccccn3)C(=O)CCSc3ccc(F)cc3)nc12. The van der Waals surface area contributed by atoms with Crippen LogP contribution in [-0.4, -0.2) is 21.6 Å². The molecule has 0 saturated carbocycles. The van der Waals surface area contributed by atoms with E-state index in [1.165, 1.54) is 23.9 Å². The fraction of sp³-hybridized carbons (Fsp3) is 0.208. The molecule has 0 spiro atoms. The van der Waals surface area contributed by atoms with Gasteiger partial charge in [-0.1, -0.05) is 29.5 Å². The van der Waals surface area contributed by atoms with Crippen LogP contribution in [0.25, 0.3) is 10.2 Å². The number of carbonyl (C=O) groups excluding carboxylic acids is 1. The van der Waals surface area contributed by atoms with Gasteiger partial charge in [0, 0.05) is 23.3 Å². The number of carbonyl (C=O) groups is 1. The van der Waals surface area contributed by atoms with Crippen LogP contribution in [0.5, 0.6) is 0 Å². The van der Waals surface area contributed by atoms with Gasteiger partial charge in [-0.05, 0) is 61.4 Å². The Hall–Kier alpha value is -2.77. The predicted molar refractivity (Wildman–Crippen MR) is 126 cm³/mol. The second-order valence-electron chi connectivity index (χ2n) is 7.23. The minimum Gasteiger partial charge on any atom is -0.282 e. The van der Waals surface area contributed by atoms with E-state index in [4.69, 9.17) is 4.98 Å². The molecule has 0 aliphatic heterocycles. The van der Waals surface area contributed by atoms with Crippen LogP contribution in [0.4, 0.5) is 9.52 Å². The van der Waals surface area contributed by atoms with Crippen molar-refractivity contribution in [2.75, 3.05) is 10.7 Å². The Morgan fingerprint density at radius 2 is 1.84 bits per heavy atom.